The smallest absolute Gasteiger partial charge is 0.317 e. The Bertz CT molecular complexity index is 671. The Hall–Kier alpha value is -2.08. The zero-order valence-corrected chi connectivity index (χ0v) is 13.8. The van der Waals surface area contributed by atoms with Gasteiger partial charge in [-0.05, 0) is 42.9 Å². The lowest BCUT2D eigenvalue weighted by molar-refractivity contribution is 0.0805. The van der Waals surface area contributed by atoms with E-state index >= 15 is 0 Å². The van der Waals surface area contributed by atoms with Gasteiger partial charge < -0.3 is 16.0 Å². The molecule has 1 aliphatic carbocycles. The van der Waals surface area contributed by atoms with Crippen LogP contribution in [0, 0.1) is 0 Å². The molecule has 3 aliphatic rings. The molecule has 2 aliphatic heterocycles. The summed E-state index contributed by atoms with van der Waals surface area (Å²) in [5.74, 6) is -0.394. The van der Waals surface area contributed by atoms with Gasteiger partial charge in [0, 0.05) is 43.8 Å². The summed E-state index contributed by atoms with van der Waals surface area (Å²) >= 11 is 0. The van der Waals surface area contributed by atoms with E-state index in [4.69, 9.17) is 5.73 Å². The molecule has 3 amide bonds. The zero-order chi connectivity index (χ0) is 16.7. The molecular weight excluding hydrogens is 304 g/mol. The number of primary amides is 1. The fourth-order valence-electron chi connectivity index (χ4n) is 3.90. The lowest BCUT2D eigenvalue weighted by Crippen LogP contribution is -2.55. The SMILES string of the molecule is NC(=O)c1cccc2c1CCN(C(=O)NCC1CCN1C1CC1)C2. The minimum atomic E-state index is -0.394. The van der Waals surface area contributed by atoms with Gasteiger partial charge in [-0.3, -0.25) is 9.69 Å². The summed E-state index contributed by atoms with van der Waals surface area (Å²) in [6.45, 7) is 3.08. The summed E-state index contributed by atoms with van der Waals surface area (Å²) in [5.41, 5.74) is 8.04. The molecule has 1 saturated heterocycles. The number of likely N-dealkylation sites (tertiary alicyclic amines) is 1. The molecule has 3 N–H and O–H groups in total. The maximum absolute atomic E-state index is 12.5. The van der Waals surface area contributed by atoms with Crippen LogP contribution >= 0.6 is 0 Å². The summed E-state index contributed by atoms with van der Waals surface area (Å²) < 4.78 is 0. The molecule has 128 valence electrons. The second-order valence-corrected chi connectivity index (χ2v) is 7.08. The van der Waals surface area contributed by atoms with Crippen LogP contribution in [0.15, 0.2) is 18.2 Å². The van der Waals surface area contributed by atoms with E-state index < -0.39 is 5.91 Å². The van der Waals surface area contributed by atoms with Crippen molar-refractivity contribution in [2.24, 2.45) is 5.73 Å². The van der Waals surface area contributed by atoms with Gasteiger partial charge in [-0.15, -0.1) is 0 Å². The molecule has 1 saturated carbocycles. The van der Waals surface area contributed by atoms with Gasteiger partial charge >= 0.3 is 6.03 Å². The predicted octanol–water partition coefficient (Wildman–Crippen LogP) is 1.09. The number of nitrogens with zero attached hydrogens (tertiary/aromatic N) is 2. The van der Waals surface area contributed by atoms with Crippen LogP contribution in [0.25, 0.3) is 0 Å². The van der Waals surface area contributed by atoms with E-state index in [9.17, 15) is 9.59 Å². The minimum Gasteiger partial charge on any atom is -0.366 e. The lowest BCUT2D eigenvalue weighted by atomic mass is 9.94. The van der Waals surface area contributed by atoms with Gasteiger partial charge in [-0.2, -0.15) is 0 Å². The number of nitrogens with two attached hydrogens (primary N) is 1. The molecule has 4 rings (SSSR count). The molecule has 0 aromatic heterocycles. The zero-order valence-electron chi connectivity index (χ0n) is 13.8. The number of carbonyl (C=O) groups is 2. The fourth-order valence-corrected chi connectivity index (χ4v) is 3.90. The van der Waals surface area contributed by atoms with E-state index in [1.165, 1.54) is 25.8 Å². The monoisotopic (exact) mass is 328 g/mol. The Kier molecular flexibility index (Phi) is 3.92. The molecule has 1 aromatic carbocycles. The Morgan fingerprint density at radius 1 is 1.21 bits per heavy atom. The molecule has 0 spiro atoms. The van der Waals surface area contributed by atoms with E-state index in [0.717, 1.165) is 23.7 Å². The van der Waals surface area contributed by atoms with Crippen LogP contribution in [-0.4, -0.2) is 53.5 Å². The Balaban J connectivity index is 1.35. The first-order valence-corrected chi connectivity index (χ1v) is 8.82. The number of carbonyl (C=O) groups excluding carboxylic acids is 2. The van der Waals surface area contributed by atoms with Gasteiger partial charge in [0.05, 0.1) is 0 Å². The van der Waals surface area contributed by atoms with Crippen molar-refractivity contribution in [2.45, 2.75) is 44.3 Å². The number of nitrogens with one attached hydrogen (secondary N) is 1. The van der Waals surface area contributed by atoms with Crippen molar-refractivity contribution < 1.29 is 9.59 Å². The van der Waals surface area contributed by atoms with E-state index in [-0.39, 0.29) is 6.03 Å². The van der Waals surface area contributed by atoms with Crippen LogP contribution in [0.3, 0.4) is 0 Å². The number of fused-ring (bicyclic) bond motifs is 1. The highest BCUT2D eigenvalue weighted by Gasteiger charge is 2.39. The molecule has 2 fully saturated rings. The molecule has 1 unspecified atom stereocenters. The molecule has 1 atom stereocenters. The topological polar surface area (TPSA) is 78.7 Å². The number of hydrogen-bond donors (Lipinski definition) is 2. The highest BCUT2D eigenvalue weighted by atomic mass is 16.2. The van der Waals surface area contributed by atoms with E-state index in [1.807, 2.05) is 17.0 Å². The van der Waals surface area contributed by atoms with Crippen LogP contribution in [0.4, 0.5) is 4.79 Å². The van der Waals surface area contributed by atoms with Crippen LogP contribution in [0.2, 0.25) is 0 Å². The van der Waals surface area contributed by atoms with Crippen molar-refractivity contribution in [3.63, 3.8) is 0 Å². The Morgan fingerprint density at radius 3 is 2.71 bits per heavy atom. The average Bonchev–Trinajstić information content (AvgIpc) is 3.37. The van der Waals surface area contributed by atoms with Crippen molar-refractivity contribution in [1.82, 2.24) is 15.1 Å². The van der Waals surface area contributed by atoms with Gasteiger partial charge in [0.25, 0.3) is 0 Å². The van der Waals surface area contributed by atoms with Crippen molar-refractivity contribution in [1.29, 1.82) is 0 Å². The van der Waals surface area contributed by atoms with Gasteiger partial charge in [0.15, 0.2) is 0 Å². The molecule has 6 nitrogen and oxygen atoms in total. The van der Waals surface area contributed by atoms with Gasteiger partial charge in [0.2, 0.25) is 5.91 Å². The lowest BCUT2D eigenvalue weighted by Gasteiger charge is -2.41. The van der Waals surface area contributed by atoms with E-state index in [2.05, 4.69) is 10.2 Å². The van der Waals surface area contributed by atoms with Crippen molar-refractivity contribution in [3.8, 4) is 0 Å². The third kappa shape index (κ3) is 2.86. The van der Waals surface area contributed by atoms with Crippen molar-refractivity contribution in [2.75, 3.05) is 19.6 Å². The highest BCUT2D eigenvalue weighted by molar-refractivity contribution is 5.94. The third-order valence-electron chi connectivity index (χ3n) is 5.51. The molecule has 0 bridgehead atoms. The predicted molar refractivity (Wildman–Crippen MR) is 90.6 cm³/mol. The van der Waals surface area contributed by atoms with Crippen molar-refractivity contribution >= 4 is 11.9 Å². The summed E-state index contributed by atoms with van der Waals surface area (Å²) in [5, 5.41) is 3.09. The quantitative estimate of drug-likeness (QED) is 0.868. The van der Waals surface area contributed by atoms with E-state index in [1.54, 1.807) is 6.07 Å². The summed E-state index contributed by atoms with van der Waals surface area (Å²) in [4.78, 5) is 28.3. The molecular formula is C18H24N4O2. The Morgan fingerprint density at radius 2 is 2.04 bits per heavy atom. The molecule has 24 heavy (non-hydrogen) atoms. The largest absolute Gasteiger partial charge is 0.366 e. The average molecular weight is 328 g/mol. The maximum Gasteiger partial charge on any atom is 0.317 e. The Labute approximate surface area is 142 Å². The summed E-state index contributed by atoms with van der Waals surface area (Å²) in [6, 6.07) is 6.85. The number of urea groups is 1. The number of rotatable bonds is 4. The van der Waals surface area contributed by atoms with Gasteiger partial charge in [0.1, 0.15) is 0 Å². The molecule has 6 heteroatoms. The minimum absolute atomic E-state index is 0.00669. The van der Waals surface area contributed by atoms with Crippen LogP contribution in [0.5, 0.6) is 0 Å². The van der Waals surface area contributed by atoms with Gasteiger partial charge in [-0.1, -0.05) is 12.1 Å². The van der Waals surface area contributed by atoms with Crippen LogP contribution < -0.4 is 11.1 Å². The first kappa shape index (κ1) is 15.4. The van der Waals surface area contributed by atoms with Crippen LogP contribution in [0.1, 0.15) is 40.7 Å². The first-order chi connectivity index (χ1) is 11.6. The normalized spacial score (nSPS) is 23.3. The second-order valence-electron chi connectivity index (χ2n) is 7.08. The van der Waals surface area contributed by atoms with Crippen LogP contribution in [-0.2, 0) is 13.0 Å². The molecule has 2 heterocycles. The maximum atomic E-state index is 12.5. The standard InChI is InChI=1S/C18H24N4O2/c19-17(23)16-3-1-2-12-11-21(8-7-15(12)16)18(24)20-10-14-6-9-22(14)13-4-5-13/h1-3,13-14H,4-11H2,(H2,19,23)(H,20,24). The molecule has 1 aromatic rings. The molecule has 0 radical (unpaired) electrons. The summed E-state index contributed by atoms with van der Waals surface area (Å²) in [7, 11) is 0. The van der Waals surface area contributed by atoms with Crippen molar-refractivity contribution in [3.05, 3.63) is 34.9 Å². The summed E-state index contributed by atoms with van der Waals surface area (Å²) in [6.07, 6.45) is 4.49. The fraction of sp³-hybridized carbons (Fsp3) is 0.556. The highest BCUT2D eigenvalue weighted by Crippen LogP contribution is 2.34. The number of hydrogen-bond acceptors (Lipinski definition) is 3. The van der Waals surface area contributed by atoms with E-state index in [0.29, 0.717) is 31.1 Å². The third-order valence-corrected chi connectivity index (χ3v) is 5.51. The number of benzene rings is 1. The first-order valence-electron chi connectivity index (χ1n) is 8.82. The second kappa shape index (κ2) is 6.09. The van der Waals surface area contributed by atoms with Gasteiger partial charge in [-0.25, -0.2) is 4.79 Å². The number of amides is 3.